The van der Waals surface area contributed by atoms with E-state index in [4.69, 9.17) is 9.47 Å². The highest BCUT2D eigenvalue weighted by Crippen LogP contribution is 2.21. The zero-order valence-corrected chi connectivity index (χ0v) is 19.1. The van der Waals surface area contributed by atoms with Crippen molar-refractivity contribution in [2.75, 3.05) is 39.4 Å². The summed E-state index contributed by atoms with van der Waals surface area (Å²) in [4.78, 5) is 34.2. The second-order valence-electron chi connectivity index (χ2n) is 8.95. The Hall–Kier alpha value is -3.30. The first kappa shape index (κ1) is 22.5. The normalized spacial score (nSPS) is 20.0. The van der Waals surface area contributed by atoms with Crippen LogP contribution in [0, 0.1) is 5.92 Å². The third-order valence-electron chi connectivity index (χ3n) is 6.54. The molecular formula is C25H29N5O4. The molecule has 9 heteroatoms. The Kier molecular flexibility index (Phi) is 6.82. The maximum Gasteiger partial charge on any atom is 0.275 e. The lowest BCUT2D eigenvalue weighted by atomic mass is 9.99. The average Bonchev–Trinajstić information content (AvgIpc) is 3.24. The highest BCUT2D eigenvalue weighted by molar-refractivity contribution is 6.05. The molecular weight excluding hydrogens is 434 g/mol. The van der Waals surface area contributed by atoms with Gasteiger partial charge in [-0.3, -0.25) is 19.7 Å². The number of benzene rings is 1. The molecule has 2 amide bonds. The first-order chi connectivity index (χ1) is 16.7. The summed E-state index contributed by atoms with van der Waals surface area (Å²) in [5.74, 6) is 0.0713. The summed E-state index contributed by atoms with van der Waals surface area (Å²) in [6.07, 6.45) is 5.02. The zero-order chi connectivity index (χ0) is 23.3. The summed E-state index contributed by atoms with van der Waals surface area (Å²) < 4.78 is 11.7. The molecule has 178 valence electrons. The number of ether oxygens (including phenoxy) is 2. The summed E-state index contributed by atoms with van der Waals surface area (Å²) in [7, 11) is 0. The number of H-pyrrole nitrogens is 1. The number of aromatic nitrogens is 3. The molecule has 2 aliphatic rings. The summed E-state index contributed by atoms with van der Waals surface area (Å²) in [6.45, 7) is 3.29. The fourth-order valence-electron chi connectivity index (χ4n) is 4.63. The fourth-order valence-corrected chi connectivity index (χ4v) is 4.63. The summed E-state index contributed by atoms with van der Waals surface area (Å²) in [5.41, 5.74) is 2.12. The first-order valence-corrected chi connectivity index (χ1v) is 11.8. The maximum absolute atomic E-state index is 13.5. The molecule has 5 rings (SSSR count). The number of nitrogens with one attached hydrogen (secondary N) is 1. The van der Waals surface area contributed by atoms with Gasteiger partial charge in [-0.2, -0.15) is 5.10 Å². The quantitative estimate of drug-likeness (QED) is 0.602. The zero-order valence-electron chi connectivity index (χ0n) is 19.1. The van der Waals surface area contributed by atoms with E-state index in [2.05, 4.69) is 15.2 Å². The molecule has 2 saturated heterocycles. The lowest BCUT2D eigenvalue weighted by Gasteiger charge is -2.30. The van der Waals surface area contributed by atoms with Gasteiger partial charge in [0, 0.05) is 50.6 Å². The average molecular weight is 464 g/mol. The lowest BCUT2D eigenvalue weighted by molar-refractivity contribution is -0.132. The van der Waals surface area contributed by atoms with E-state index in [-0.39, 0.29) is 24.5 Å². The minimum atomic E-state index is -0.311. The molecule has 0 saturated carbocycles. The molecule has 1 unspecified atom stereocenters. The Morgan fingerprint density at radius 1 is 1.12 bits per heavy atom. The number of pyridine rings is 1. The van der Waals surface area contributed by atoms with Crippen molar-refractivity contribution in [2.45, 2.75) is 25.6 Å². The molecule has 0 bridgehead atoms. The SMILES string of the molecule is O=C1CN(C(=O)c2n[nH]c3ccccc23)CC(OCc2ccncc2)CN1CC1CCOCC1. The second kappa shape index (κ2) is 10.3. The molecule has 9 nitrogen and oxygen atoms in total. The van der Waals surface area contributed by atoms with Gasteiger partial charge in [-0.25, -0.2) is 0 Å². The number of carbonyl (C=O) groups is 2. The van der Waals surface area contributed by atoms with E-state index in [1.165, 1.54) is 0 Å². The number of nitrogens with zero attached hydrogens (tertiary/aromatic N) is 4. The Labute approximate surface area is 198 Å². The van der Waals surface area contributed by atoms with Crippen molar-refractivity contribution in [1.82, 2.24) is 25.0 Å². The van der Waals surface area contributed by atoms with Crippen molar-refractivity contribution in [2.24, 2.45) is 5.92 Å². The molecule has 1 atom stereocenters. The molecule has 0 radical (unpaired) electrons. The van der Waals surface area contributed by atoms with Gasteiger partial charge in [0.05, 0.1) is 18.2 Å². The van der Waals surface area contributed by atoms with Crippen LogP contribution >= 0.6 is 0 Å². The number of fused-ring (bicyclic) bond motifs is 1. The van der Waals surface area contributed by atoms with Crippen LogP contribution in [0.25, 0.3) is 10.9 Å². The minimum absolute atomic E-state index is 0.0123. The summed E-state index contributed by atoms with van der Waals surface area (Å²) in [6, 6.07) is 11.3. The van der Waals surface area contributed by atoms with Gasteiger partial charge in [0.15, 0.2) is 5.69 Å². The lowest BCUT2D eigenvalue weighted by Crippen LogP contribution is -2.42. The van der Waals surface area contributed by atoms with Crippen LogP contribution in [-0.4, -0.2) is 82.3 Å². The monoisotopic (exact) mass is 463 g/mol. The summed E-state index contributed by atoms with van der Waals surface area (Å²) >= 11 is 0. The van der Waals surface area contributed by atoms with Gasteiger partial charge in [0.1, 0.15) is 6.54 Å². The third-order valence-corrected chi connectivity index (χ3v) is 6.54. The molecule has 1 N–H and O–H groups in total. The Bertz CT molecular complexity index is 1130. The van der Waals surface area contributed by atoms with Gasteiger partial charge in [0.25, 0.3) is 5.91 Å². The molecule has 34 heavy (non-hydrogen) atoms. The molecule has 2 aliphatic heterocycles. The van der Waals surface area contributed by atoms with Crippen LogP contribution in [-0.2, 0) is 20.9 Å². The highest BCUT2D eigenvalue weighted by atomic mass is 16.5. The van der Waals surface area contributed by atoms with E-state index in [1.54, 1.807) is 17.3 Å². The number of aromatic amines is 1. The highest BCUT2D eigenvalue weighted by Gasteiger charge is 2.34. The maximum atomic E-state index is 13.5. The largest absolute Gasteiger partial charge is 0.381 e. The molecule has 2 fully saturated rings. The van der Waals surface area contributed by atoms with Crippen molar-refractivity contribution in [1.29, 1.82) is 0 Å². The van der Waals surface area contributed by atoms with Crippen molar-refractivity contribution in [3.05, 3.63) is 60.0 Å². The van der Waals surface area contributed by atoms with Gasteiger partial charge < -0.3 is 19.3 Å². The predicted octanol–water partition coefficient (Wildman–Crippen LogP) is 2.25. The van der Waals surface area contributed by atoms with Crippen molar-refractivity contribution >= 4 is 22.7 Å². The standard InChI is InChI=1S/C25H29N5O4/c31-23-16-30(25(32)24-21-3-1-2-4-22(21)27-28-24)15-20(34-17-19-5-9-26-10-6-19)14-29(23)13-18-7-11-33-12-8-18/h1-6,9-10,18,20H,7-8,11-17H2,(H,27,28). The first-order valence-electron chi connectivity index (χ1n) is 11.8. The predicted molar refractivity (Wildman–Crippen MR) is 125 cm³/mol. The second-order valence-corrected chi connectivity index (χ2v) is 8.95. The van der Waals surface area contributed by atoms with Crippen LogP contribution in [0.15, 0.2) is 48.8 Å². The van der Waals surface area contributed by atoms with Gasteiger partial charge in [0.2, 0.25) is 5.91 Å². The Morgan fingerprint density at radius 2 is 1.91 bits per heavy atom. The summed E-state index contributed by atoms with van der Waals surface area (Å²) in [5, 5.41) is 7.92. The van der Waals surface area contributed by atoms with E-state index in [9.17, 15) is 9.59 Å². The van der Waals surface area contributed by atoms with Gasteiger partial charge >= 0.3 is 0 Å². The molecule has 3 aromatic rings. The van der Waals surface area contributed by atoms with Crippen LogP contribution in [0.5, 0.6) is 0 Å². The Balaban J connectivity index is 1.36. The number of para-hydroxylation sites is 1. The van der Waals surface area contributed by atoms with E-state index in [0.29, 0.717) is 37.9 Å². The van der Waals surface area contributed by atoms with Crippen molar-refractivity contribution in [3.63, 3.8) is 0 Å². The van der Waals surface area contributed by atoms with Crippen LogP contribution in [0.1, 0.15) is 28.9 Å². The van der Waals surface area contributed by atoms with Crippen LogP contribution in [0.2, 0.25) is 0 Å². The van der Waals surface area contributed by atoms with Crippen LogP contribution in [0.3, 0.4) is 0 Å². The number of carbonyl (C=O) groups excluding carboxylic acids is 2. The van der Waals surface area contributed by atoms with Crippen molar-refractivity contribution < 1.29 is 19.1 Å². The number of amides is 2. The number of hydrogen-bond donors (Lipinski definition) is 1. The van der Waals surface area contributed by atoms with Gasteiger partial charge in [-0.15, -0.1) is 0 Å². The molecule has 2 aromatic heterocycles. The minimum Gasteiger partial charge on any atom is -0.381 e. The number of rotatable bonds is 6. The molecule has 1 aromatic carbocycles. The fraction of sp³-hybridized carbons (Fsp3) is 0.440. The third kappa shape index (κ3) is 5.10. The van der Waals surface area contributed by atoms with Gasteiger partial charge in [-0.1, -0.05) is 18.2 Å². The smallest absolute Gasteiger partial charge is 0.275 e. The molecule has 0 spiro atoms. The van der Waals surface area contributed by atoms with E-state index >= 15 is 0 Å². The Morgan fingerprint density at radius 3 is 2.74 bits per heavy atom. The van der Waals surface area contributed by atoms with Gasteiger partial charge in [-0.05, 0) is 42.5 Å². The van der Waals surface area contributed by atoms with Crippen molar-refractivity contribution in [3.8, 4) is 0 Å². The van der Waals surface area contributed by atoms with Crippen LogP contribution in [0.4, 0.5) is 0 Å². The van der Waals surface area contributed by atoms with Crippen LogP contribution < -0.4 is 0 Å². The molecule has 0 aliphatic carbocycles. The van der Waals surface area contributed by atoms with E-state index < -0.39 is 0 Å². The topological polar surface area (TPSA) is 101 Å². The van der Waals surface area contributed by atoms with E-state index in [0.717, 1.165) is 42.5 Å². The number of hydrogen-bond acceptors (Lipinski definition) is 6. The molecule has 4 heterocycles. The van der Waals surface area contributed by atoms with E-state index in [1.807, 2.05) is 41.3 Å².